The Balaban J connectivity index is 1.97. The summed E-state index contributed by atoms with van der Waals surface area (Å²) in [4.78, 5) is 10.8. The third-order valence-corrected chi connectivity index (χ3v) is 2.64. The quantitative estimate of drug-likeness (QED) is 0.575. The number of allylic oxidation sites excluding steroid dienone is 3. The van der Waals surface area contributed by atoms with Crippen LogP contribution in [-0.4, -0.2) is 12.6 Å². The summed E-state index contributed by atoms with van der Waals surface area (Å²) in [5.74, 6) is 0.408. The second-order valence-electron chi connectivity index (χ2n) is 3.60. The average molecular weight is 178 g/mol. The zero-order chi connectivity index (χ0) is 9.10. The number of rotatable bonds is 1. The molecule has 0 radical (unpaired) electrons. The smallest absolute Gasteiger partial charge is 0.305 e. The standard InChI is InChI=1S/C11H14O2/c12-11-7-6-10(8-13-11)9-4-2-1-3-5-9/h2,4-5,10H,1,3,6-8H2. The zero-order valence-electron chi connectivity index (χ0n) is 7.66. The van der Waals surface area contributed by atoms with Gasteiger partial charge in [0, 0.05) is 12.3 Å². The molecule has 1 aliphatic heterocycles. The van der Waals surface area contributed by atoms with Crippen molar-refractivity contribution in [1.82, 2.24) is 0 Å². The van der Waals surface area contributed by atoms with Crippen LogP contribution in [0.5, 0.6) is 0 Å². The zero-order valence-corrected chi connectivity index (χ0v) is 7.66. The van der Waals surface area contributed by atoms with Gasteiger partial charge in [-0.2, -0.15) is 0 Å². The molecular weight excluding hydrogens is 164 g/mol. The number of esters is 1. The van der Waals surface area contributed by atoms with Crippen LogP contribution in [0.25, 0.3) is 0 Å². The minimum atomic E-state index is -0.0448. The highest BCUT2D eigenvalue weighted by molar-refractivity contribution is 5.70. The molecule has 0 saturated carbocycles. The predicted octanol–water partition coefficient (Wildman–Crippen LogP) is 2.22. The van der Waals surface area contributed by atoms with E-state index in [1.807, 2.05) is 0 Å². The summed E-state index contributed by atoms with van der Waals surface area (Å²) < 4.78 is 5.03. The molecule has 0 amide bonds. The third-order valence-electron chi connectivity index (χ3n) is 2.64. The number of carbonyl (C=O) groups excluding carboxylic acids is 1. The Hall–Kier alpha value is -1.05. The van der Waals surface area contributed by atoms with Gasteiger partial charge in [-0.25, -0.2) is 0 Å². The van der Waals surface area contributed by atoms with Crippen molar-refractivity contribution in [3.8, 4) is 0 Å². The molecule has 1 fully saturated rings. The van der Waals surface area contributed by atoms with E-state index in [9.17, 15) is 4.79 Å². The van der Waals surface area contributed by atoms with Crippen LogP contribution in [0.1, 0.15) is 25.7 Å². The monoisotopic (exact) mass is 178 g/mol. The largest absolute Gasteiger partial charge is 0.465 e. The Morgan fingerprint density at radius 3 is 2.92 bits per heavy atom. The number of hydrogen-bond acceptors (Lipinski definition) is 2. The highest BCUT2D eigenvalue weighted by Crippen LogP contribution is 2.26. The van der Waals surface area contributed by atoms with E-state index in [4.69, 9.17) is 4.74 Å². The van der Waals surface area contributed by atoms with Gasteiger partial charge in [0.2, 0.25) is 0 Å². The molecule has 0 aromatic rings. The number of ether oxygens (including phenoxy) is 1. The summed E-state index contributed by atoms with van der Waals surface area (Å²) in [6.45, 7) is 0.578. The van der Waals surface area contributed by atoms with E-state index in [1.54, 1.807) is 0 Å². The molecule has 2 rings (SSSR count). The fraction of sp³-hybridized carbons (Fsp3) is 0.545. The van der Waals surface area contributed by atoms with Gasteiger partial charge in [-0.3, -0.25) is 4.79 Å². The highest BCUT2D eigenvalue weighted by Gasteiger charge is 2.22. The lowest BCUT2D eigenvalue weighted by Gasteiger charge is -2.23. The lowest BCUT2D eigenvalue weighted by molar-refractivity contribution is -0.148. The summed E-state index contributed by atoms with van der Waals surface area (Å²) >= 11 is 0. The Morgan fingerprint density at radius 2 is 2.31 bits per heavy atom. The first-order valence-corrected chi connectivity index (χ1v) is 4.88. The van der Waals surface area contributed by atoms with Crippen LogP contribution in [-0.2, 0) is 9.53 Å². The van der Waals surface area contributed by atoms with Gasteiger partial charge in [-0.05, 0) is 24.8 Å². The van der Waals surface area contributed by atoms with E-state index >= 15 is 0 Å². The Bertz CT molecular complexity index is 253. The normalized spacial score (nSPS) is 28.2. The second kappa shape index (κ2) is 3.77. The summed E-state index contributed by atoms with van der Waals surface area (Å²) in [7, 11) is 0. The molecular formula is C11H14O2. The van der Waals surface area contributed by atoms with Crippen LogP contribution in [0.3, 0.4) is 0 Å². The van der Waals surface area contributed by atoms with Crippen molar-refractivity contribution in [2.45, 2.75) is 25.7 Å². The van der Waals surface area contributed by atoms with Crippen molar-refractivity contribution in [2.24, 2.45) is 5.92 Å². The highest BCUT2D eigenvalue weighted by atomic mass is 16.5. The van der Waals surface area contributed by atoms with Gasteiger partial charge in [0.05, 0.1) is 6.61 Å². The molecule has 2 nitrogen and oxygen atoms in total. The van der Waals surface area contributed by atoms with Crippen LogP contribution in [0.4, 0.5) is 0 Å². The van der Waals surface area contributed by atoms with Gasteiger partial charge >= 0.3 is 5.97 Å². The first-order chi connectivity index (χ1) is 6.36. The summed E-state index contributed by atoms with van der Waals surface area (Å²) in [6, 6.07) is 0. The lowest BCUT2D eigenvalue weighted by atomic mass is 9.90. The fourth-order valence-electron chi connectivity index (χ4n) is 1.84. The molecule has 70 valence electrons. The predicted molar refractivity (Wildman–Crippen MR) is 50.1 cm³/mol. The summed E-state index contributed by atoms with van der Waals surface area (Å²) in [6.07, 6.45) is 10.5. The molecule has 0 aromatic carbocycles. The minimum Gasteiger partial charge on any atom is -0.465 e. The molecule has 1 atom stereocenters. The van der Waals surface area contributed by atoms with Gasteiger partial charge < -0.3 is 4.74 Å². The number of carbonyl (C=O) groups is 1. The summed E-state index contributed by atoms with van der Waals surface area (Å²) in [5.41, 5.74) is 1.36. The molecule has 13 heavy (non-hydrogen) atoms. The maximum atomic E-state index is 10.8. The van der Waals surface area contributed by atoms with Crippen LogP contribution in [0.15, 0.2) is 23.8 Å². The van der Waals surface area contributed by atoms with Crippen molar-refractivity contribution in [3.05, 3.63) is 23.8 Å². The van der Waals surface area contributed by atoms with E-state index in [0.29, 0.717) is 18.9 Å². The molecule has 1 heterocycles. The molecule has 2 heteroatoms. The Labute approximate surface area is 78.3 Å². The van der Waals surface area contributed by atoms with Gasteiger partial charge in [-0.15, -0.1) is 0 Å². The van der Waals surface area contributed by atoms with Gasteiger partial charge in [0.15, 0.2) is 0 Å². The van der Waals surface area contributed by atoms with Crippen LogP contribution >= 0.6 is 0 Å². The van der Waals surface area contributed by atoms with Crippen molar-refractivity contribution in [2.75, 3.05) is 6.61 Å². The topological polar surface area (TPSA) is 26.3 Å². The van der Waals surface area contributed by atoms with Crippen LogP contribution in [0.2, 0.25) is 0 Å². The first kappa shape index (κ1) is 8.54. The molecule has 0 N–H and O–H groups in total. The van der Waals surface area contributed by atoms with Crippen LogP contribution < -0.4 is 0 Å². The van der Waals surface area contributed by atoms with Crippen molar-refractivity contribution >= 4 is 5.97 Å². The molecule has 1 saturated heterocycles. The maximum absolute atomic E-state index is 10.8. The third kappa shape index (κ3) is 2.00. The molecule has 0 aromatic heterocycles. The van der Waals surface area contributed by atoms with E-state index in [1.165, 1.54) is 5.57 Å². The molecule has 1 aliphatic carbocycles. The van der Waals surface area contributed by atoms with E-state index in [2.05, 4.69) is 18.2 Å². The van der Waals surface area contributed by atoms with E-state index in [-0.39, 0.29) is 5.97 Å². The van der Waals surface area contributed by atoms with Crippen molar-refractivity contribution in [3.63, 3.8) is 0 Å². The molecule has 1 unspecified atom stereocenters. The number of hydrogen-bond donors (Lipinski definition) is 0. The fourth-order valence-corrected chi connectivity index (χ4v) is 1.84. The van der Waals surface area contributed by atoms with Gasteiger partial charge in [-0.1, -0.05) is 18.2 Å². The average Bonchev–Trinajstić information content (AvgIpc) is 2.20. The summed E-state index contributed by atoms with van der Waals surface area (Å²) in [5, 5.41) is 0. The van der Waals surface area contributed by atoms with E-state index in [0.717, 1.165) is 19.3 Å². The minimum absolute atomic E-state index is 0.0448. The molecule has 2 aliphatic rings. The Kier molecular flexibility index (Phi) is 2.48. The number of cyclic esters (lactones) is 1. The van der Waals surface area contributed by atoms with Crippen molar-refractivity contribution in [1.29, 1.82) is 0 Å². The van der Waals surface area contributed by atoms with Crippen molar-refractivity contribution < 1.29 is 9.53 Å². The lowest BCUT2D eigenvalue weighted by Crippen LogP contribution is -2.22. The Morgan fingerprint density at radius 1 is 1.38 bits per heavy atom. The SMILES string of the molecule is O=C1CCC(C2=CCCC=C2)CO1. The molecule has 0 spiro atoms. The first-order valence-electron chi connectivity index (χ1n) is 4.88. The van der Waals surface area contributed by atoms with Gasteiger partial charge in [0.1, 0.15) is 0 Å². The second-order valence-corrected chi connectivity index (χ2v) is 3.60. The van der Waals surface area contributed by atoms with E-state index < -0.39 is 0 Å². The van der Waals surface area contributed by atoms with Crippen LogP contribution in [0, 0.1) is 5.92 Å². The van der Waals surface area contributed by atoms with Gasteiger partial charge in [0.25, 0.3) is 0 Å². The molecule has 0 bridgehead atoms. The maximum Gasteiger partial charge on any atom is 0.305 e.